The molecule has 1 aromatic carbocycles. The first kappa shape index (κ1) is 20.8. The van der Waals surface area contributed by atoms with Gasteiger partial charge >= 0.3 is 5.97 Å². The third-order valence-electron chi connectivity index (χ3n) is 4.47. The van der Waals surface area contributed by atoms with Crippen molar-refractivity contribution in [3.05, 3.63) is 36.9 Å². The largest absolute Gasteiger partial charge is 0.497 e. The second kappa shape index (κ2) is 9.97. The van der Waals surface area contributed by atoms with Gasteiger partial charge in [-0.05, 0) is 38.1 Å². The zero-order chi connectivity index (χ0) is 19.8. The molecule has 1 heterocycles. The zero-order valence-electron chi connectivity index (χ0n) is 16.2. The molecule has 1 aliphatic heterocycles. The second-order valence-electron chi connectivity index (χ2n) is 6.35. The number of carbonyl (C=O) groups is 2. The summed E-state index contributed by atoms with van der Waals surface area (Å²) in [6.07, 6.45) is -0.00862. The fourth-order valence-corrected chi connectivity index (χ4v) is 2.84. The van der Waals surface area contributed by atoms with Crippen LogP contribution in [0.5, 0.6) is 5.75 Å². The van der Waals surface area contributed by atoms with E-state index in [9.17, 15) is 9.59 Å². The first-order chi connectivity index (χ1) is 13.0. The first-order valence-corrected chi connectivity index (χ1v) is 9.07. The van der Waals surface area contributed by atoms with E-state index in [1.165, 1.54) is 0 Å². The van der Waals surface area contributed by atoms with E-state index >= 15 is 0 Å². The van der Waals surface area contributed by atoms with Crippen molar-refractivity contribution in [2.45, 2.75) is 26.1 Å². The van der Waals surface area contributed by atoms with Crippen LogP contribution in [0.4, 0.5) is 5.69 Å². The fraction of sp³-hybridized carbons (Fsp3) is 0.500. The SMILES string of the molecule is C=CCOC(C)C(=O)OC(C)C(=O)N1CCN(c2ccc(OC)cc2)CC1. The number of amides is 1. The van der Waals surface area contributed by atoms with Crippen LogP contribution in [-0.2, 0) is 19.1 Å². The molecule has 2 unspecified atom stereocenters. The molecule has 148 valence electrons. The van der Waals surface area contributed by atoms with Crippen molar-refractivity contribution in [1.29, 1.82) is 0 Å². The van der Waals surface area contributed by atoms with Gasteiger partial charge in [-0.2, -0.15) is 0 Å². The van der Waals surface area contributed by atoms with Gasteiger partial charge in [-0.15, -0.1) is 6.58 Å². The van der Waals surface area contributed by atoms with E-state index in [0.29, 0.717) is 13.1 Å². The lowest BCUT2D eigenvalue weighted by atomic mass is 10.2. The summed E-state index contributed by atoms with van der Waals surface area (Å²) in [5, 5.41) is 0. The van der Waals surface area contributed by atoms with Crippen LogP contribution >= 0.6 is 0 Å². The summed E-state index contributed by atoms with van der Waals surface area (Å²) in [5.74, 6) is 0.0812. The van der Waals surface area contributed by atoms with Crippen LogP contribution in [0.2, 0.25) is 0 Å². The molecule has 0 radical (unpaired) electrons. The standard InChI is InChI=1S/C20H28N2O5/c1-5-14-26-16(3)20(24)27-15(2)19(23)22-12-10-21(11-13-22)17-6-8-18(25-4)9-7-17/h5-9,15-16H,1,10-14H2,2-4H3. The van der Waals surface area contributed by atoms with Crippen LogP contribution in [0, 0.1) is 0 Å². The fourth-order valence-electron chi connectivity index (χ4n) is 2.84. The Morgan fingerprint density at radius 1 is 1.11 bits per heavy atom. The lowest BCUT2D eigenvalue weighted by Gasteiger charge is -2.37. The van der Waals surface area contributed by atoms with Crippen LogP contribution in [0.15, 0.2) is 36.9 Å². The Morgan fingerprint density at radius 2 is 1.74 bits per heavy atom. The van der Waals surface area contributed by atoms with Crippen LogP contribution in [0.3, 0.4) is 0 Å². The molecule has 1 aromatic rings. The average Bonchev–Trinajstić information content (AvgIpc) is 2.71. The Labute approximate surface area is 160 Å². The number of nitrogens with zero attached hydrogens (tertiary/aromatic N) is 2. The van der Waals surface area contributed by atoms with E-state index in [-0.39, 0.29) is 12.5 Å². The van der Waals surface area contributed by atoms with E-state index in [1.807, 2.05) is 24.3 Å². The highest BCUT2D eigenvalue weighted by atomic mass is 16.6. The van der Waals surface area contributed by atoms with Gasteiger partial charge in [0.2, 0.25) is 0 Å². The Hall–Kier alpha value is -2.54. The van der Waals surface area contributed by atoms with Crippen molar-refractivity contribution in [2.24, 2.45) is 0 Å². The van der Waals surface area contributed by atoms with E-state index in [2.05, 4.69) is 11.5 Å². The molecule has 7 heteroatoms. The molecule has 0 saturated carbocycles. The number of rotatable bonds is 8. The van der Waals surface area contributed by atoms with Gasteiger partial charge in [0.1, 0.15) is 5.75 Å². The van der Waals surface area contributed by atoms with Crippen molar-refractivity contribution in [1.82, 2.24) is 4.90 Å². The van der Waals surface area contributed by atoms with E-state index < -0.39 is 18.2 Å². The second-order valence-corrected chi connectivity index (χ2v) is 6.35. The molecule has 0 aromatic heterocycles. The van der Waals surface area contributed by atoms with Gasteiger partial charge in [-0.25, -0.2) is 4.79 Å². The summed E-state index contributed by atoms with van der Waals surface area (Å²) in [4.78, 5) is 28.5. The summed E-state index contributed by atoms with van der Waals surface area (Å²) in [6.45, 7) is 9.57. The zero-order valence-corrected chi connectivity index (χ0v) is 16.2. The Balaban J connectivity index is 1.82. The van der Waals surface area contributed by atoms with Crippen molar-refractivity contribution in [3.8, 4) is 5.75 Å². The average molecular weight is 376 g/mol. The van der Waals surface area contributed by atoms with Gasteiger partial charge in [-0.3, -0.25) is 4.79 Å². The quantitative estimate of drug-likeness (QED) is 0.510. The van der Waals surface area contributed by atoms with Gasteiger partial charge < -0.3 is 24.0 Å². The van der Waals surface area contributed by atoms with Crippen LogP contribution < -0.4 is 9.64 Å². The number of piperazine rings is 1. The Morgan fingerprint density at radius 3 is 2.30 bits per heavy atom. The highest BCUT2D eigenvalue weighted by Gasteiger charge is 2.28. The molecule has 27 heavy (non-hydrogen) atoms. The van der Waals surface area contributed by atoms with Gasteiger partial charge in [0.05, 0.1) is 13.7 Å². The normalized spacial score (nSPS) is 16.4. The molecule has 0 aliphatic carbocycles. The van der Waals surface area contributed by atoms with Crippen LogP contribution in [-0.4, -0.2) is 68.9 Å². The lowest BCUT2D eigenvalue weighted by Crippen LogP contribution is -2.52. The smallest absolute Gasteiger partial charge is 0.335 e. The third-order valence-corrected chi connectivity index (χ3v) is 4.47. The maximum atomic E-state index is 12.6. The molecule has 2 atom stereocenters. The Kier molecular flexibility index (Phi) is 7.67. The van der Waals surface area contributed by atoms with Crippen LogP contribution in [0.25, 0.3) is 0 Å². The molecular weight excluding hydrogens is 348 g/mol. The summed E-state index contributed by atoms with van der Waals surface area (Å²) in [5.41, 5.74) is 1.09. The van der Waals surface area contributed by atoms with Crippen molar-refractivity contribution < 1.29 is 23.8 Å². The van der Waals surface area contributed by atoms with Crippen LogP contribution in [0.1, 0.15) is 13.8 Å². The molecule has 1 aliphatic rings. The predicted octanol–water partition coefficient (Wildman–Crippen LogP) is 1.87. The number of anilines is 1. The first-order valence-electron chi connectivity index (χ1n) is 9.07. The molecule has 1 fully saturated rings. The topological polar surface area (TPSA) is 68.3 Å². The summed E-state index contributed by atoms with van der Waals surface area (Å²) in [6, 6.07) is 7.85. The molecule has 2 rings (SSSR count). The number of benzene rings is 1. The van der Waals surface area contributed by atoms with E-state index in [4.69, 9.17) is 14.2 Å². The summed E-state index contributed by atoms with van der Waals surface area (Å²) >= 11 is 0. The number of ether oxygens (including phenoxy) is 3. The van der Waals surface area contributed by atoms with Gasteiger partial charge in [-0.1, -0.05) is 6.08 Å². The minimum absolute atomic E-state index is 0.186. The number of esters is 1. The molecule has 7 nitrogen and oxygen atoms in total. The predicted molar refractivity (Wildman–Crippen MR) is 103 cm³/mol. The number of methoxy groups -OCH3 is 1. The highest BCUT2D eigenvalue weighted by molar-refractivity contribution is 5.84. The van der Waals surface area contributed by atoms with Crippen molar-refractivity contribution >= 4 is 17.6 Å². The molecule has 0 bridgehead atoms. The minimum Gasteiger partial charge on any atom is -0.497 e. The van der Waals surface area contributed by atoms with E-state index in [1.54, 1.807) is 31.9 Å². The number of hydrogen-bond donors (Lipinski definition) is 0. The maximum absolute atomic E-state index is 12.6. The molecular formula is C20H28N2O5. The highest BCUT2D eigenvalue weighted by Crippen LogP contribution is 2.20. The molecule has 1 amide bonds. The Bertz CT molecular complexity index is 638. The third kappa shape index (κ3) is 5.72. The lowest BCUT2D eigenvalue weighted by molar-refractivity contribution is -0.167. The maximum Gasteiger partial charge on any atom is 0.335 e. The molecule has 0 spiro atoms. The van der Waals surface area contributed by atoms with Crippen molar-refractivity contribution in [2.75, 3.05) is 44.8 Å². The van der Waals surface area contributed by atoms with Crippen molar-refractivity contribution in [3.63, 3.8) is 0 Å². The minimum atomic E-state index is -0.834. The number of hydrogen-bond acceptors (Lipinski definition) is 6. The summed E-state index contributed by atoms with van der Waals surface area (Å²) < 4.78 is 15.6. The molecule has 1 saturated heterocycles. The molecule has 0 N–H and O–H groups in total. The van der Waals surface area contributed by atoms with E-state index in [0.717, 1.165) is 24.5 Å². The van der Waals surface area contributed by atoms with Gasteiger partial charge in [0.25, 0.3) is 5.91 Å². The summed E-state index contributed by atoms with van der Waals surface area (Å²) in [7, 11) is 1.64. The van der Waals surface area contributed by atoms with Gasteiger partial charge in [0, 0.05) is 31.9 Å². The number of carbonyl (C=O) groups excluding carboxylic acids is 2. The van der Waals surface area contributed by atoms with Gasteiger partial charge in [0.15, 0.2) is 12.2 Å². The monoisotopic (exact) mass is 376 g/mol.